The van der Waals surface area contributed by atoms with Gasteiger partial charge in [0.05, 0.1) is 105 Å². The summed E-state index contributed by atoms with van der Waals surface area (Å²) in [4.78, 5) is 39.8. The Bertz CT molecular complexity index is 2460. The van der Waals surface area contributed by atoms with Crippen LogP contribution in [-0.4, -0.2) is 371 Å². The molecule has 0 radical (unpaired) electrons. The number of rotatable bonds is 34. The number of nitrogens with two attached hydrogens (primary N) is 1. The number of amides is 3. The van der Waals surface area contributed by atoms with E-state index < -0.39 is 234 Å². The van der Waals surface area contributed by atoms with E-state index in [0.717, 1.165) is 25.7 Å². The lowest BCUT2D eigenvalue weighted by molar-refractivity contribution is -0.376. The Labute approximate surface area is 532 Å². The topological polar surface area (TPSA) is 579 Å². The smallest absolute Gasteiger partial charge is 0.221 e. The van der Waals surface area contributed by atoms with E-state index in [1.165, 1.54) is 24.7 Å². The van der Waals surface area contributed by atoms with Crippen LogP contribution in [0.15, 0.2) is 17.5 Å². The highest BCUT2D eigenvalue weighted by Crippen LogP contribution is 2.40. The van der Waals surface area contributed by atoms with Crippen LogP contribution in [0, 0.1) is 0 Å². The van der Waals surface area contributed by atoms with E-state index in [2.05, 4.69) is 20.9 Å². The lowest BCUT2D eigenvalue weighted by Crippen LogP contribution is -2.70. The average Bonchev–Trinajstić information content (AvgIpc) is 0.968. The highest BCUT2D eigenvalue weighted by molar-refractivity contribution is 5.74. The predicted molar refractivity (Wildman–Crippen MR) is 302 cm³/mol. The van der Waals surface area contributed by atoms with Crippen LogP contribution in [0.3, 0.4) is 0 Å². The van der Waals surface area contributed by atoms with Crippen LogP contribution in [-0.2, 0) is 89.1 Å². The number of carbonyl (C=O) groups excluding carboxylic acids is 3. The first-order chi connectivity index (χ1) is 44.3. The summed E-state index contributed by atoms with van der Waals surface area (Å²) in [6, 6.07) is -3.57. The zero-order valence-corrected chi connectivity index (χ0v) is 51.8. The van der Waals surface area contributed by atoms with Crippen molar-refractivity contribution in [3.8, 4) is 0 Å². The molecule has 0 saturated carbocycles. The molecule has 39 nitrogen and oxygen atoms in total. The Balaban J connectivity index is 1.24. The fourth-order valence-electron chi connectivity index (χ4n) is 11.1. The number of ether oxygens (including phenoxy) is 13. The summed E-state index contributed by atoms with van der Waals surface area (Å²) in [6.07, 6.45) is -45.8. The highest BCUT2D eigenvalue weighted by atomic mass is 16.8. The molecular weight excluding hydrogens is 1260 g/mol. The number of aliphatic hydroxyl groups is 16. The molecule has 5 fully saturated rings. The Hall–Kier alpha value is -4.07. The van der Waals surface area contributed by atoms with E-state index in [0.29, 0.717) is 33.0 Å². The molecule has 5 aliphatic rings. The van der Waals surface area contributed by atoms with Crippen LogP contribution in [0.2, 0.25) is 0 Å². The summed E-state index contributed by atoms with van der Waals surface area (Å²) >= 11 is 0. The number of hydrogen-bond acceptors (Lipinski definition) is 35. The van der Waals surface area contributed by atoms with Crippen molar-refractivity contribution >= 4 is 17.7 Å². The number of aliphatic hydroxyl groups excluding tert-OH is 16. The van der Waals surface area contributed by atoms with E-state index in [1.54, 1.807) is 0 Å². The van der Waals surface area contributed by atoms with E-state index in [4.69, 9.17) is 67.3 Å². The van der Waals surface area contributed by atoms with Gasteiger partial charge in [0.2, 0.25) is 17.7 Å². The summed E-state index contributed by atoms with van der Waals surface area (Å²) in [7, 11) is 0. The minimum Gasteiger partial charge on any atom is -0.487 e. The summed E-state index contributed by atoms with van der Waals surface area (Å²) in [5.74, 6) is -2.92. The lowest BCUT2D eigenvalue weighted by Gasteiger charge is -2.51. The molecule has 0 aliphatic carbocycles. The molecule has 5 saturated heterocycles. The summed E-state index contributed by atoms with van der Waals surface area (Å²) in [6.45, 7) is 1.95. The largest absolute Gasteiger partial charge is 0.487 e. The molecule has 27 atom stereocenters. The van der Waals surface area contributed by atoms with Gasteiger partial charge < -0.3 is 165 Å². The quantitative estimate of drug-likeness (QED) is 0.0225. The Morgan fingerprint density at radius 2 is 1.22 bits per heavy atom. The van der Waals surface area contributed by atoms with Crippen molar-refractivity contribution in [2.24, 2.45) is 5.73 Å². The van der Waals surface area contributed by atoms with E-state index in [-0.39, 0.29) is 32.0 Å². The van der Waals surface area contributed by atoms with Crippen molar-refractivity contribution in [1.29, 1.82) is 0 Å². The van der Waals surface area contributed by atoms with Gasteiger partial charge in [0.25, 0.3) is 0 Å². The molecule has 0 bridgehead atoms. The first-order valence-corrected chi connectivity index (χ1v) is 30.2. The molecule has 39 heteroatoms. The summed E-state index contributed by atoms with van der Waals surface area (Å²) in [5.41, 5.74) is 5.12. The molecule has 21 unspecified atom stereocenters. The zero-order chi connectivity index (χ0) is 68.5. The molecule has 93 heavy (non-hydrogen) atoms. The van der Waals surface area contributed by atoms with Crippen LogP contribution in [0.25, 0.3) is 0 Å². The van der Waals surface area contributed by atoms with Crippen molar-refractivity contribution in [1.82, 2.24) is 30.5 Å². The van der Waals surface area contributed by atoms with Crippen LogP contribution in [0.4, 0.5) is 0 Å². The Kier molecular flexibility index (Phi) is 31.0. The van der Waals surface area contributed by atoms with Gasteiger partial charge >= 0.3 is 0 Å². The second kappa shape index (κ2) is 37.0. The fraction of sp³-hybridized carbons (Fsp3) is 0.870. The monoisotopic (exact) mass is 1350 g/mol. The zero-order valence-electron chi connectivity index (χ0n) is 51.8. The van der Waals surface area contributed by atoms with Gasteiger partial charge in [-0.15, -0.1) is 5.10 Å². The molecule has 536 valence electrons. The number of aromatic nitrogens is 3. The van der Waals surface area contributed by atoms with Crippen molar-refractivity contribution in [3.63, 3.8) is 0 Å². The van der Waals surface area contributed by atoms with Crippen molar-refractivity contribution in [2.75, 3.05) is 85.8 Å². The first-order valence-electron chi connectivity index (χ1n) is 30.2. The van der Waals surface area contributed by atoms with Crippen LogP contribution < -0.4 is 16.4 Å². The normalized spacial score (nSPS) is 37.1. The maximum atomic E-state index is 13.2. The third kappa shape index (κ3) is 19.8. The maximum Gasteiger partial charge on any atom is 0.221 e. The summed E-state index contributed by atoms with van der Waals surface area (Å²) in [5, 5.41) is 190. The standard InChI is InChI=1S/C54H93N7O32/c1-22(37(72)28(71)16-62)84-26(5)85-50-41(76)34(47-35(56-23(2)68)42(77)38(73)30(18-64)86-47)29(17-63)88-54(50)92-48-36(57-24(3)69)52(89-31(19-65)39(48)74)93-49-40(75)32(20-66)90-53(45(49)80)91-46-33(21-67)87-51(44(79)43(46)78)61(25(4)70)15-27-14-60(59-58-27)7-9-82-11-13-83-12-10-81-8-6-55/h14,22,26,28-33,35-46,48-54,62-67,71-80H,6-13,15-21,55H2,1-5H3,(H,56,68)(H,57,69)/b47-34+/t22?,26-,28+,29?,30?,31?,32?,33-,35-,36?,37?,38?,39?,40?,41+,42?,43?,44?,45?,46?,48?,49?,50?,51-,52?,53?,54?/m0/s1. The van der Waals surface area contributed by atoms with Gasteiger partial charge in [-0.2, -0.15) is 0 Å². The number of hydrogen-bond donors (Lipinski definition) is 19. The molecule has 0 aromatic carbocycles. The van der Waals surface area contributed by atoms with Gasteiger partial charge in [-0.1, -0.05) is 5.21 Å². The Morgan fingerprint density at radius 3 is 1.80 bits per heavy atom. The second-order valence-corrected chi connectivity index (χ2v) is 22.6. The highest BCUT2D eigenvalue weighted by Gasteiger charge is 2.58. The molecule has 6 heterocycles. The molecule has 5 aliphatic heterocycles. The van der Waals surface area contributed by atoms with Gasteiger partial charge in [0.15, 0.2) is 31.4 Å². The SMILES string of the molecule is CC(=O)NC1C(OC2C(O)C(CO)OC(OC3C(O)C(O)[C@@H](N(Cc4cn(CCOCCOCCOCCN)nn4)C(C)=O)O[C@H]3CO)C2O)OC(CO)C(O)C1OC1OC(CO)/C(=C2\OC(CO)C(O)C(O)[C@@H]2NC(C)=O)[C@@H](O)C1O[C@@H](C)OC(C)C(O)[C@H](O)CO. The third-order valence-corrected chi connectivity index (χ3v) is 15.8. The molecule has 20 N–H and O–H groups in total. The molecule has 0 spiro atoms. The van der Waals surface area contributed by atoms with E-state index in [1.807, 2.05) is 0 Å². The van der Waals surface area contributed by atoms with E-state index in [9.17, 15) is 96.1 Å². The van der Waals surface area contributed by atoms with Crippen LogP contribution in [0.5, 0.6) is 0 Å². The van der Waals surface area contributed by atoms with Gasteiger partial charge in [0.1, 0.15) is 140 Å². The maximum absolute atomic E-state index is 13.2. The van der Waals surface area contributed by atoms with Gasteiger partial charge in [-0.3, -0.25) is 14.4 Å². The number of nitrogens with one attached hydrogen (secondary N) is 2. The number of nitrogens with zero attached hydrogens (tertiary/aromatic N) is 4. The van der Waals surface area contributed by atoms with Gasteiger partial charge in [-0.05, 0) is 13.8 Å². The molecule has 1 aromatic heterocycles. The predicted octanol–water partition coefficient (Wildman–Crippen LogP) is -11.9. The van der Waals surface area contributed by atoms with Crippen molar-refractivity contribution < 1.29 is 158 Å². The Morgan fingerprint density at radius 1 is 0.634 bits per heavy atom. The molecule has 3 amide bonds. The van der Waals surface area contributed by atoms with E-state index >= 15 is 0 Å². The van der Waals surface area contributed by atoms with Gasteiger partial charge in [-0.25, -0.2) is 4.68 Å². The molecule has 6 rings (SSSR count). The van der Waals surface area contributed by atoms with Crippen LogP contribution in [0.1, 0.15) is 40.3 Å². The van der Waals surface area contributed by atoms with Gasteiger partial charge in [0, 0.05) is 32.9 Å². The van der Waals surface area contributed by atoms with Crippen molar-refractivity contribution in [2.45, 2.75) is 213 Å². The minimum absolute atomic E-state index is 0.211. The average molecular weight is 1350 g/mol. The lowest BCUT2D eigenvalue weighted by atomic mass is 9.87. The van der Waals surface area contributed by atoms with Crippen molar-refractivity contribution in [3.05, 3.63) is 23.2 Å². The number of carbonyl (C=O) groups is 3. The fourth-order valence-corrected chi connectivity index (χ4v) is 11.1. The third-order valence-electron chi connectivity index (χ3n) is 15.8. The molecular formula is C54H93N7O32. The minimum atomic E-state index is -2.24. The van der Waals surface area contributed by atoms with Crippen LogP contribution >= 0.6 is 0 Å². The first kappa shape index (κ1) is 77.9. The summed E-state index contributed by atoms with van der Waals surface area (Å²) < 4.78 is 77.8. The second-order valence-electron chi connectivity index (χ2n) is 22.6. The molecule has 1 aromatic rings.